The fraction of sp³-hybridized carbons (Fsp3) is 0.533. The lowest BCUT2D eigenvalue weighted by Gasteiger charge is -2.25. The van der Waals surface area contributed by atoms with Crippen molar-refractivity contribution in [3.05, 3.63) is 59.9 Å². The third-order valence-corrected chi connectivity index (χ3v) is 7.02. The summed E-state index contributed by atoms with van der Waals surface area (Å²) in [7, 11) is 0. The monoisotopic (exact) mass is 528 g/mol. The molecule has 0 spiro atoms. The Balaban J connectivity index is 1.50. The molecule has 0 heterocycles. The first-order valence-corrected chi connectivity index (χ1v) is 13.8. The van der Waals surface area contributed by atoms with E-state index in [1.165, 1.54) is 50.7 Å². The van der Waals surface area contributed by atoms with E-state index in [2.05, 4.69) is 5.32 Å². The Labute approximate surface area is 225 Å². The van der Waals surface area contributed by atoms with Crippen LogP contribution in [0.1, 0.15) is 63.9 Å². The van der Waals surface area contributed by atoms with Gasteiger partial charge in [0.05, 0.1) is 6.54 Å². The minimum atomic E-state index is -0.982. The van der Waals surface area contributed by atoms with Crippen LogP contribution < -0.4 is 10.1 Å². The number of carbonyl (C=O) groups excluding carboxylic acids is 1. The van der Waals surface area contributed by atoms with Gasteiger partial charge >= 0.3 is 12.0 Å². The van der Waals surface area contributed by atoms with E-state index in [1.54, 1.807) is 36.1 Å². The van der Waals surface area contributed by atoms with Crippen LogP contribution in [0.5, 0.6) is 5.75 Å². The average Bonchev–Trinajstić information content (AvgIpc) is 2.92. The number of anilines is 1. The van der Waals surface area contributed by atoms with Gasteiger partial charge in [-0.2, -0.15) is 0 Å². The lowest BCUT2D eigenvalue weighted by Crippen LogP contribution is -2.38. The average molecular weight is 529 g/mol. The molecule has 0 radical (unpaired) electrons. The summed E-state index contributed by atoms with van der Waals surface area (Å²) in [6, 6.07) is 12.8. The van der Waals surface area contributed by atoms with Crippen LogP contribution >= 0.6 is 0 Å². The molecule has 0 saturated heterocycles. The molecular formula is C30H41FN2O5. The van der Waals surface area contributed by atoms with Crippen molar-refractivity contribution in [1.82, 2.24) is 4.90 Å². The van der Waals surface area contributed by atoms with Crippen molar-refractivity contribution in [1.29, 1.82) is 0 Å². The molecule has 38 heavy (non-hydrogen) atoms. The number of hydrogen-bond acceptors (Lipinski definition) is 4. The lowest BCUT2D eigenvalue weighted by atomic mass is 9.86. The summed E-state index contributed by atoms with van der Waals surface area (Å²) in [6.45, 7) is 3.45. The number of carboxylic acid groups (broad SMARTS) is 1. The van der Waals surface area contributed by atoms with Gasteiger partial charge in [0.15, 0.2) is 6.10 Å². The summed E-state index contributed by atoms with van der Waals surface area (Å²) in [6.07, 6.45) is 9.30. The number of hydrogen-bond donors (Lipinski definition) is 2. The van der Waals surface area contributed by atoms with E-state index < -0.39 is 12.1 Å². The fourth-order valence-electron chi connectivity index (χ4n) is 4.89. The summed E-state index contributed by atoms with van der Waals surface area (Å²) < 4.78 is 24.4. The van der Waals surface area contributed by atoms with Crippen LogP contribution in [0.2, 0.25) is 0 Å². The van der Waals surface area contributed by atoms with Crippen molar-refractivity contribution >= 4 is 17.7 Å². The Kier molecular flexibility index (Phi) is 12.4. The molecule has 1 aliphatic carbocycles. The third kappa shape index (κ3) is 10.3. The van der Waals surface area contributed by atoms with Crippen LogP contribution in [0.15, 0.2) is 48.5 Å². The zero-order valence-corrected chi connectivity index (χ0v) is 22.4. The molecule has 0 bridgehead atoms. The Morgan fingerprint density at radius 3 is 2.39 bits per heavy atom. The van der Waals surface area contributed by atoms with Crippen LogP contribution in [0, 0.1) is 11.7 Å². The number of urea groups is 1. The molecule has 2 N–H and O–H groups in total. The van der Waals surface area contributed by atoms with Crippen molar-refractivity contribution in [2.45, 2.75) is 70.8 Å². The smallest absolute Gasteiger partial charge is 0.333 e. The van der Waals surface area contributed by atoms with Gasteiger partial charge in [0.2, 0.25) is 0 Å². The maximum absolute atomic E-state index is 13.3. The number of nitrogens with one attached hydrogen (secondary N) is 1. The first kappa shape index (κ1) is 29.4. The zero-order chi connectivity index (χ0) is 27.2. The van der Waals surface area contributed by atoms with E-state index >= 15 is 0 Å². The Morgan fingerprint density at radius 2 is 1.74 bits per heavy atom. The van der Waals surface area contributed by atoms with E-state index in [1.807, 2.05) is 12.1 Å². The summed E-state index contributed by atoms with van der Waals surface area (Å²) in [4.78, 5) is 26.1. The molecule has 1 atom stereocenters. The maximum atomic E-state index is 13.3. The number of amides is 2. The molecule has 1 saturated carbocycles. The number of unbranched alkanes of at least 4 members (excludes halogenated alkanes) is 1. The number of aliphatic carboxylic acids is 1. The highest BCUT2D eigenvalue weighted by Crippen LogP contribution is 2.27. The standard InChI is InChI=1S/C30H41FN2O5/c1-2-37-28(29(34)35)22-24-11-17-27(18-12-24)38-21-20-33(19-7-6-10-23-8-4-3-5-9-23)30(36)32-26-15-13-25(31)14-16-26/h11-18,23,28H,2-10,19-22H2,1H3,(H,32,36)(H,34,35). The molecule has 1 aliphatic rings. The number of carboxylic acids is 1. The van der Waals surface area contributed by atoms with Crippen LogP contribution in [0.4, 0.5) is 14.9 Å². The molecule has 7 nitrogen and oxygen atoms in total. The molecular weight excluding hydrogens is 487 g/mol. The highest BCUT2D eigenvalue weighted by molar-refractivity contribution is 5.89. The quantitative estimate of drug-likeness (QED) is 0.257. The number of benzene rings is 2. The van der Waals surface area contributed by atoms with E-state index in [0.717, 1.165) is 24.3 Å². The van der Waals surface area contributed by atoms with Crippen LogP contribution in [0.25, 0.3) is 0 Å². The Bertz CT molecular complexity index is 977. The number of halogens is 1. The number of ether oxygens (including phenoxy) is 2. The SMILES string of the molecule is CCOC(Cc1ccc(OCCN(CCCCC2CCCCC2)C(=O)Nc2ccc(F)cc2)cc1)C(=O)O. The summed E-state index contributed by atoms with van der Waals surface area (Å²) in [5.41, 5.74) is 1.39. The van der Waals surface area contributed by atoms with E-state index in [0.29, 0.717) is 37.7 Å². The van der Waals surface area contributed by atoms with Crippen LogP contribution in [0.3, 0.4) is 0 Å². The predicted octanol–water partition coefficient (Wildman–Crippen LogP) is 6.52. The number of nitrogens with zero attached hydrogens (tertiary/aromatic N) is 1. The third-order valence-electron chi connectivity index (χ3n) is 7.02. The van der Waals surface area contributed by atoms with Gasteiger partial charge in [0.25, 0.3) is 0 Å². The summed E-state index contributed by atoms with van der Waals surface area (Å²) in [5.74, 6) is 0.132. The van der Waals surface area contributed by atoms with Crippen LogP contribution in [-0.2, 0) is 16.0 Å². The van der Waals surface area contributed by atoms with Gasteiger partial charge < -0.3 is 24.8 Å². The van der Waals surface area contributed by atoms with Gasteiger partial charge in [-0.3, -0.25) is 0 Å². The Morgan fingerprint density at radius 1 is 1.03 bits per heavy atom. The summed E-state index contributed by atoms with van der Waals surface area (Å²) in [5, 5.41) is 12.1. The van der Waals surface area contributed by atoms with Gasteiger partial charge in [0, 0.05) is 25.3 Å². The summed E-state index contributed by atoms with van der Waals surface area (Å²) >= 11 is 0. The molecule has 2 amide bonds. The molecule has 3 rings (SSSR count). The number of rotatable bonds is 15. The highest BCUT2D eigenvalue weighted by atomic mass is 19.1. The normalized spacial score (nSPS) is 14.6. The van der Waals surface area contributed by atoms with Gasteiger partial charge in [-0.15, -0.1) is 0 Å². The van der Waals surface area contributed by atoms with Crippen molar-refractivity contribution < 1.29 is 28.6 Å². The highest BCUT2D eigenvalue weighted by Gasteiger charge is 2.18. The maximum Gasteiger partial charge on any atom is 0.333 e. The number of carbonyl (C=O) groups is 2. The first-order valence-electron chi connectivity index (χ1n) is 13.8. The topological polar surface area (TPSA) is 88.1 Å². The predicted molar refractivity (Wildman–Crippen MR) is 146 cm³/mol. The minimum absolute atomic E-state index is 0.233. The second-order valence-electron chi connectivity index (χ2n) is 9.90. The fourth-order valence-corrected chi connectivity index (χ4v) is 4.89. The molecule has 0 aromatic heterocycles. The van der Waals surface area contributed by atoms with Gasteiger partial charge in [0.1, 0.15) is 18.2 Å². The molecule has 208 valence electrons. The van der Waals surface area contributed by atoms with Crippen molar-refractivity contribution in [3.63, 3.8) is 0 Å². The van der Waals surface area contributed by atoms with Gasteiger partial charge in [-0.25, -0.2) is 14.0 Å². The largest absolute Gasteiger partial charge is 0.492 e. The zero-order valence-electron chi connectivity index (χ0n) is 22.4. The molecule has 1 fully saturated rings. The van der Waals surface area contributed by atoms with Crippen molar-refractivity contribution in [2.24, 2.45) is 5.92 Å². The molecule has 0 aliphatic heterocycles. The Hall–Kier alpha value is -3.13. The second kappa shape index (κ2) is 16.0. The molecule has 8 heteroatoms. The first-order chi connectivity index (χ1) is 18.4. The van der Waals surface area contributed by atoms with Gasteiger partial charge in [-0.05, 0) is 61.2 Å². The molecule has 2 aromatic rings. The van der Waals surface area contributed by atoms with E-state index in [9.17, 15) is 19.1 Å². The minimum Gasteiger partial charge on any atom is -0.492 e. The van der Waals surface area contributed by atoms with Gasteiger partial charge in [-0.1, -0.05) is 57.1 Å². The molecule has 2 aromatic carbocycles. The van der Waals surface area contributed by atoms with Crippen LogP contribution in [-0.4, -0.2) is 54.4 Å². The van der Waals surface area contributed by atoms with E-state index in [4.69, 9.17) is 9.47 Å². The van der Waals surface area contributed by atoms with Crippen molar-refractivity contribution in [2.75, 3.05) is 31.6 Å². The lowest BCUT2D eigenvalue weighted by molar-refractivity contribution is -0.149. The van der Waals surface area contributed by atoms with E-state index in [-0.39, 0.29) is 18.3 Å². The van der Waals surface area contributed by atoms with Crippen molar-refractivity contribution in [3.8, 4) is 5.75 Å². The molecule has 1 unspecified atom stereocenters. The second-order valence-corrected chi connectivity index (χ2v) is 9.90.